The zero-order valence-corrected chi connectivity index (χ0v) is 7.73. The van der Waals surface area contributed by atoms with E-state index in [1.54, 1.807) is 0 Å². The summed E-state index contributed by atoms with van der Waals surface area (Å²) in [6.45, 7) is 0.409. The highest BCUT2D eigenvalue weighted by Gasteiger charge is 2.05. The Labute approximate surface area is 82.3 Å². The Hall–Kier alpha value is -1.74. The first-order valence-electron chi connectivity index (χ1n) is 4.45. The molecule has 0 atom stereocenters. The number of hydrogen-bond donors (Lipinski definition) is 2. The largest absolute Gasteiger partial charge is 0.460 e. The number of anilines is 1. The van der Waals surface area contributed by atoms with Crippen molar-refractivity contribution in [2.75, 3.05) is 5.73 Å². The number of hydrogen-bond acceptors (Lipinski definition) is 3. The Morgan fingerprint density at radius 2 is 1.86 bits per heavy atom. The zero-order valence-electron chi connectivity index (χ0n) is 7.73. The van der Waals surface area contributed by atoms with E-state index in [1.165, 1.54) is 0 Å². The van der Waals surface area contributed by atoms with Crippen LogP contribution >= 0.6 is 0 Å². The van der Waals surface area contributed by atoms with Gasteiger partial charge in [0.1, 0.15) is 11.5 Å². The van der Waals surface area contributed by atoms with Gasteiger partial charge in [0.15, 0.2) is 0 Å². The van der Waals surface area contributed by atoms with Crippen LogP contribution < -0.4 is 11.5 Å². The van der Waals surface area contributed by atoms with Crippen molar-refractivity contribution in [3.63, 3.8) is 0 Å². The minimum absolute atomic E-state index is 0.409. The Bertz CT molecular complexity index is 434. The van der Waals surface area contributed by atoms with E-state index in [-0.39, 0.29) is 0 Å². The quantitative estimate of drug-likeness (QED) is 0.708. The molecular formula is C11H12N2O. The maximum atomic E-state index is 5.81. The third-order valence-electron chi connectivity index (χ3n) is 2.09. The van der Waals surface area contributed by atoms with E-state index in [4.69, 9.17) is 15.9 Å². The summed E-state index contributed by atoms with van der Waals surface area (Å²) in [5, 5.41) is 0. The smallest absolute Gasteiger partial charge is 0.136 e. The van der Waals surface area contributed by atoms with E-state index in [2.05, 4.69) is 0 Å². The lowest BCUT2D eigenvalue weighted by atomic mass is 10.1. The molecule has 0 fully saturated rings. The van der Waals surface area contributed by atoms with Crippen molar-refractivity contribution in [2.24, 2.45) is 5.73 Å². The van der Waals surface area contributed by atoms with Crippen LogP contribution in [0.4, 0.5) is 5.69 Å². The molecule has 3 nitrogen and oxygen atoms in total. The second-order valence-corrected chi connectivity index (χ2v) is 3.06. The normalized spacial score (nSPS) is 10.4. The molecule has 0 saturated carbocycles. The Morgan fingerprint density at radius 1 is 1.07 bits per heavy atom. The summed E-state index contributed by atoms with van der Waals surface area (Å²) in [6.07, 6.45) is 0. The molecule has 0 aliphatic carbocycles. The molecule has 0 aliphatic heterocycles. The van der Waals surface area contributed by atoms with E-state index in [9.17, 15) is 0 Å². The topological polar surface area (TPSA) is 65.2 Å². The van der Waals surface area contributed by atoms with E-state index in [0.717, 1.165) is 17.1 Å². The van der Waals surface area contributed by atoms with Gasteiger partial charge < -0.3 is 15.9 Å². The lowest BCUT2D eigenvalue weighted by molar-refractivity contribution is 0.525. The molecule has 0 spiro atoms. The fourth-order valence-electron chi connectivity index (χ4n) is 1.35. The number of para-hydroxylation sites is 1. The van der Waals surface area contributed by atoms with Crippen molar-refractivity contribution in [1.29, 1.82) is 0 Å². The summed E-state index contributed by atoms with van der Waals surface area (Å²) in [5.41, 5.74) is 12.9. The van der Waals surface area contributed by atoms with Gasteiger partial charge in [-0.25, -0.2) is 0 Å². The monoisotopic (exact) mass is 188 g/mol. The van der Waals surface area contributed by atoms with Gasteiger partial charge in [0, 0.05) is 11.3 Å². The van der Waals surface area contributed by atoms with Crippen molar-refractivity contribution in [3.8, 4) is 11.3 Å². The highest BCUT2D eigenvalue weighted by molar-refractivity contribution is 5.72. The molecule has 14 heavy (non-hydrogen) atoms. The summed E-state index contributed by atoms with van der Waals surface area (Å²) in [7, 11) is 0. The van der Waals surface area contributed by atoms with Crippen LogP contribution in [0.5, 0.6) is 0 Å². The first-order chi connectivity index (χ1) is 6.81. The van der Waals surface area contributed by atoms with Crippen LogP contribution in [-0.4, -0.2) is 0 Å². The lowest BCUT2D eigenvalue weighted by Gasteiger charge is -2.00. The van der Waals surface area contributed by atoms with E-state index in [1.807, 2.05) is 36.4 Å². The zero-order chi connectivity index (χ0) is 9.97. The fraction of sp³-hybridized carbons (Fsp3) is 0.0909. The molecule has 2 aromatic rings. The molecule has 0 radical (unpaired) electrons. The fourth-order valence-corrected chi connectivity index (χ4v) is 1.35. The summed E-state index contributed by atoms with van der Waals surface area (Å²) < 4.78 is 5.49. The predicted octanol–water partition coefficient (Wildman–Crippen LogP) is 1.99. The van der Waals surface area contributed by atoms with Crippen molar-refractivity contribution in [3.05, 3.63) is 42.2 Å². The lowest BCUT2D eigenvalue weighted by Crippen LogP contribution is -1.92. The van der Waals surface area contributed by atoms with Crippen molar-refractivity contribution in [2.45, 2.75) is 6.54 Å². The molecule has 1 aromatic carbocycles. The predicted molar refractivity (Wildman–Crippen MR) is 56.4 cm³/mol. The molecule has 1 aromatic heterocycles. The number of benzene rings is 1. The second kappa shape index (κ2) is 3.55. The molecule has 4 N–H and O–H groups in total. The van der Waals surface area contributed by atoms with Gasteiger partial charge in [0.2, 0.25) is 0 Å². The van der Waals surface area contributed by atoms with Gasteiger partial charge in [-0.05, 0) is 24.3 Å². The molecule has 72 valence electrons. The average Bonchev–Trinajstić information content (AvgIpc) is 2.67. The molecule has 3 heteroatoms. The highest BCUT2D eigenvalue weighted by Crippen LogP contribution is 2.26. The molecule has 0 aliphatic rings. The standard InChI is InChI=1S/C11H12N2O/c12-7-8-5-6-11(14-8)9-3-1-2-4-10(9)13/h1-6H,7,12-13H2. The number of furan rings is 1. The first kappa shape index (κ1) is 8.84. The molecule has 2 rings (SSSR count). The highest BCUT2D eigenvalue weighted by atomic mass is 16.3. The summed E-state index contributed by atoms with van der Waals surface area (Å²) in [6, 6.07) is 11.3. The van der Waals surface area contributed by atoms with Crippen LogP contribution in [0.2, 0.25) is 0 Å². The Kier molecular flexibility index (Phi) is 2.24. The van der Waals surface area contributed by atoms with Gasteiger partial charge in [-0.15, -0.1) is 0 Å². The van der Waals surface area contributed by atoms with Gasteiger partial charge in [-0.2, -0.15) is 0 Å². The summed E-state index contributed by atoms with van der Waals surface area (Å²) in [4.78, 5) is 0. The van der Waals surface area contributed by atoms with Crippen LogP contribution in [0.1, 0.15) is 5.76 Å². The third kappa shape index (κ3) is 1.49. The van der Waals surface area contributed by atoms with Crippen LogP contribution in [0, 0.1) is 0 Å². The van der Waals surface area contributed by atoms with Crippen LogP contribution in [-0.2, 0) is 6.54 Å². The van der Waals surface area contributed by atoms with Crippen molar-refractivity contribution >= 4 is 5.69 Å². The molecule has 0 amide bonds. The molecule has 0 unspecified atom stereocenters. The maximum Gasteiger partial charge on any atom is 0.136 e. The average molecular weight is 188 g/mol. The Morgan fingerprint density at radius 3 is 2.50 bits per heavy atom. The van der Waals surface area contributed by atoms with Gasteiger partial charge in [-0.3, -0.25) is 0 Å². The minimum Gasteiger partial charge on any atom is -0.460 e. The van der Waals surface area contributed by atoms with Crippen LogP contribution in [0.25, 0.3) is 11.3 Å². The first-order valence-corrected chi connectivity index (χ1v) is 4.45. The van der Waals surface area contributed by atoms with Crippen LogP contribution in [0.3, 0.4) is 0 Å². The molecular weight excluding hydrogens is 176 g/mol. The summed E-state index contributed by atoms with van der Waals surface area (Å²) >= 11 is 0. The molecule has 0 saturated heterocycles. The second-order valence-electron chi connectivity index (χ2n) is 3.06. The van der Waals surface area contributed by atoms with E-state index >= 15 is 0 Å². The summed E-state index contributed by atoms with van der Waals surface area (Å²) in [5.74, 6) is 1.53. The van der Waals surface area contributed by atoms with Gasteiger partial charge >= 0.3 is 0 Å². The third-order valence-corrected chi connectivity index (χ3v) is 2.09. The molecule has 1 heterocycles. The van der Waals surface area contributed by atoms with Crippen molar-refractivity contribution in [1.82, 2.24) is 0 Å². The molecule has 0 bridgehead atoms. The van der Waals surface area contributed by atoms with Gasteiger partial charge in [0.25, 0.3) is 0 Å². The number of nitrogen functional groups attached to an aromatic ring is 1. The minimum atomic E-state index is 0.409. The number of rotatable bonds is 2. The SMILES string of the molecule is NCc1ccc(-c2ccccc2N)o1. The van der Waals surface area contributed by atoms with Crippen molar-refractivity contribution < 1.29 is 4.42 Å². The van der Waals surface area contributed by atoms with E-state index in [0.29, 0.717) is 12.2 Å². The van der Waals surface area contributed by atoms with Crippen LogP contribution in [0.15, 0.2) is 40.8 Å². The maximum absolute atomic E-state index is 5.81. The number of nitrogens with two attached hydrogens (primary N) is 2. The van der Waals surface area contributed by atoms with E-state index < -0.39 is 0 Å². The Balaban J connectivity index is 2.44. The van der Waals surface area contributed by atoms with Gasteiger partial charge in [-0.1, -0.05) is 12.1 Å². The van der Waals surface area contributed by atoms with Gasteiger partial charge in [0.05, 0.1) is 6.54 Å².